The first kappa shape index (κ1) is 20.6. The van der Waals surface area contributed by atoms with Gasteiger partial charge in [0, 0.05) is 36.4 Å². The summed E-state index contributed by atoms with van der Waals surface area (Å²) in [6, 6.07) is 12.8. The number of anilines is 1. The molecular weight excluding hydrogens is 390 g/mol. The Morgan fingerprint density at radius 3 is 2.76 bits per heavy atom. The van der Waals surface area contributed by atoms with Gasteiger partial charge in [-0.2, -0.15) is 0 Å². The van der Waals surface area contributed by atoms with E-state index in [1.54, 1.807) is 24.3 Å². The second-order valence-electron chi connectivity index (χ2n) is 6.33. The second-order valence-corrected chi connectivity index (χ2v) is 6.76. The Morgan fingerprint density at radius 1 is 1.14 bits per heavy atom. The van der Waals surface area contributed by atoms with E-state index < -0.39 is 0 Å². The molecule has 3 aromatic rings. The van der Waals surface area contributed by atoms with Crippen LogP contribution in [-0.2, 0) is 11.3 Å². The van der Waals surface area contributed by atoms with Crippen LogP contribution in [0.3, 0.4) is 0 Å². The Labute approximate surface area is 174 Å². The number of hydrogen-bond acceptors (Lipinski definition) is 4. The van der Waals surface area contributed by atoms with Gasteiger partial charge in [-0.1, -0.05) is 17.7 Å². The number of benzene rings is 1. The van der Waals surface area contributed by atoms with Crippen LogP contribution in [0.1, 0.15) is 25.6 Å². The van der Waals surface area contributed by atoms with Crippen LogP contribution in [-0.4, -0.2) is 39.6 Å². The number of hydrogen-bond donors (Lipinski definition) is 3. The fraction of sp³-hybridized carbons (Fsp3) is 0.300. The average Bonchev–Trinajstić information content (AvgIpc) is 3.14. The predicted molar refractivity (Wildman–Crippen MR) is 115 cm³/mol. The number of amides is 1. The first-order valence-electron chi connectivity index (χ1n) is 9.52. The molecule has 0 saturated heterocycles. The normalized spacial score (nSPS) is 11.4. The smallest absolute Gasteiger partial charge is 0.224 e. The average molecular weight is 414 g/mol. The van der Waals surface area contributed by atoms with Gasteiger partial charge in [0.15, 0.2) is 17.4 Å². The van der Waals surface area contributed by atoms with Crippen molar-refractivity contribution < 1.29 is 4.79 Å². The van der Waals surface area contributed by atoms with Crippen LogP contribution in [0, 0.1) is 0 Å². The van der Waals surface area contributed by atoms with Gasteiger partial charge in [0.05, 0.1) is 0 Å². The van der Waals surface area contributed by atoms with Gasteiger partial charge in [0.1, 0.15) is 6.54 Å². The lowest BCUT2D eigenvalue weighted by Crippen LogP contribution is -2.38. The number of pyridine rings is 1. The van der Waals surface area contributed by atoms with Crippen molar-refractivity contribution in [1.29, 1.82) is 0 Å². The number of carbonyl (C=O) groups excluding carboxylic acids is 1. The van der Waals surface area contributed by atoms with Crippen LogP contribution in [0.25, 0.3) is 5.65 Å². The largest absolute Gasteiger partial charge is 0.357 e. The molecule has 0 aliphatic heterocycles. The van der Waals surface area contributed by atoms with Gasteiger partial charge in [0.25, 0.3) is 0 Å². The van der Waals surface area contributed by atoms with Crippen LogP contribution < -0.4 is 16.0 Å². The molecule has 0 bridgehead atoms. The summed E-state index contributed by atoms with van der Waals surface area (Å²) in [5, 5.41) is 18.2. The van der Waals surface area contributed by atoms with Crippen molar-refractivity contribution in [2.75, 3.05) is 18.4 Å². The molecule has 1 aromatic carbocycles. The van der Waals surface area contributed by atoms with Crippen LogP contribution in [0.2, 0.25) is 5.02 Å². The van der Waals surface area contributed by atoms with E-state index in [-0.39, 0.29) is 5.91 Å². The highest BCUT2D eigenvalue weighted by Gasteiger charge is 2.06. The number of aliphatic imine (C=N–C) groups is 1. The summed E-state index contributed by atoms with van der Waals surface area (Å²) in [5.74, 6) is 1.41. The van der Waals surface area contributed by atoms with Gasteiger partial charge < -0.3 is 16.0 Å². The summed E-state index contributed by atoms with van der Waals surface area (Å²) in [6.45, 7) is 3.77. The number of halogens is 1. The van der Waals surface area contributed by atoms with E-state index in [1.165, 1.54) is 0 Å². The van der Waals surface area contributed by atoms with E-state index in [9.17, 15) is 4.79 Å². The Bertz CT molecular complexity index is 968. The van der Waals surface area contributed by atoms with Crippen molar-refractivity contribution in [3.8, 4) is 0 Å². The molecule has 2 aromatic heterocycles. The minimum atomic E-state index is -0.0361. The molecule has 0 fully saturated rings. The Kier molecular flexibility index (Phi) is 7.40. The Hall–Kier alpha value is -3.13. The van der Waals surface area contributed by atoms with Gasteiger partial charge in [-0.3, -0.25) is 9.20 Å². The maximum Gasteiger partial charge on any atom is 0.224 e. The Balaban J connectivity index is 1.45. The molecule has 0 saturated carbocycles. The maximum absolute atomic E-state index is 12.0. The van der Waals surface area contributed by atoms with Crippen molar-refractivity contribution in [3.63, 3.8) is 0 Å². The van der Waals surface area contributed by atoms with Gasteiger partial charge in [-0.05, 0) is 49.7 Å². The summed E-state index contributed by atoms with van der Waals surface area (Å²) in [5.41, 5.74) is 1.53. The van der Waals surface area contributed by atoms with Crippen molar-refractivity contribution in [2.45, 2.75) is 26.3 Å². The first-order chi connectivity index (χ1) is 14.2. The number of rotatable bonds is 8. The number of guanidine groups is 1. The monoisotopic (exact) mass is 413 g/mol. The molecule has 8 nitrogen and oxygen atoms in total. The third kappa shape index (κ3) is 6.18. The third-order valence-corrected chi connectivity index (χ3v) is 4.36. The van der Waals surface area contributed by atoms with Gasteiger partial charge in [-0.15, -0.1) is 10.2 Å². The first-order valence-corrected chi connectivity index (χ1v) is 9.89. The zero-order chi connectivity index (χ0) is 20.5. The molecule has 9 heteroatoms. The van der Waals surface area contributed by atoms with E-state index in [1.807, 2.05) is 35.7 Å². The van der Waals surface area contributed by atoms with E-state index >= 15 is 0 Å². The highest BCUT2D eigenvalue weighted by atomic mass is 35.5. The third-order valence-electron chi connectivity index (χ3n) is 4.11. The minimum absolute atomic E-state index is 0.0361. The number of nitrogens with one attached hydrogen (secondary N) is 3. The van der Waals surface area contributed by atoms with Crippen molar-refractivity contribution in [3.05, 3.63) is 59.5 Å². The van der Waals surface area contributed by atoms with Gasteiger partial charge >= 0.3 is 0 Å². The quantitative estimate of drug-likeness (QED) is 0.300. The molecule has 0 radical (unpaired) electrons. The van der Waals surface area contributed by atoms with Crippen LogP contribution >= 0.6 is 11.6 Å². The molecular formula is C20H24ClN7O. The zero-order valence-electron chi connectivity index (χ0n) is 16.2. The number of fused-ring (bicyclic) bond motifs is 1. The molecule has 0 aliphatic carbocycles. The molecule has 0 aliphatic rings. The molecule has 152 valence electrons. The summed E-state index contributed by atoms with van der Waals surface area (Å²) in [6.07, 6.45) is 3.00. The molecule has 2 heterocycles. The second kappa shape index (κ2) is 10.4. The molecule has 0 atom stereocenters. The molecule has 29 heavy (non-hydrogen) atoms. The van der Waals surface area contributed by atoms with Crippen molar-refractivity contribution in [1.82, 2.24) is 25.2 Å². The van der Waals surface area contributed by atoms with Crippen LogP contribution in [0.4, 0.5) is 5.69 Å². The molecule has 3 N–H and O–H groups in total. The molecule has 1 amide bonds. The zero-order valence-corrected chi connectivity index (χ0v) is 17.0. The minimum Gasteiger partial charge on any atom is -0.357 e. The lowest BCUT2D eigenvalue weighted by molar-refractivity contribution is -0.116. The van der Waals surface area contributed by atoms with E-state index in [2.05, 4.69) is 31.1 Å². The topological polar surface area (TPSA) is 95.7 Å². The lowest BCUT2D eigenvalue weighted by Gasteiger charge is -2.11. The summed E-state index contributed by atoms with van der Waals surface area (Å²) in [7, 11) is 0. The maximum atomic E-state index is 12.0. The van der Waals surface area contributed by atoms with Crippen molar-refractivity contribution >= 4 is 34.8 Å². The fourth-order valence-corrected chi connectivity index (χ4v) is 2.83. The summed E-state index contributed by atoms with van der Waals surface area (Å²) < 4.78 is 1.91. The molecule has 3 rings (SSSR count). The SMILES string of the molecule is CCNC(=NCc1nnc2ccccn12)NCCCC(=O)Nc1ccc(Cl)cc1. The molecule has 0 spiro atoms. The number of carbonyl (C=O) groups is 1. The van der Waals surface area contributed by atoms with E-state index in [4.69, 9.17) is 11.6 Å². The Morgan fingerprint density at radius 2 is 1.97 bits per heavy atom. The fourth-order valence-electron chi connectivity index (χ4n) is 2.70. The predicted octanol–water partition coefficient (Wildman–Crippen LogP) is 2.86. The number of nitrogens with zero attached hydrogens (tertiary/aromatic N) is 4. The van der Waals surface area contributed by atoms with Crippen molar-refractivity contribution in [2.24, 2.45) is 4.99 Å². The van der Waals surface area contributed by atoms with E-state index in [0.717, 1.165) is 23.7 Å². The number of aromatic nitrogens is 3. The van der Waals surface area contributed by atoms with Gasteiger partial charge in [-0.25, -0.2) is 4.99 Å². The summed E-state index contributed by atoms with van der Waals surface area (Å²) in [4.78, 5) is 16.6. The van der Waals surface area contributed by atoms with Crippen LogP contribution in [0.15, 0.2) is 53.7 Å². The standard InChI is InChI=1S/C20H24ClN7O/c1-2-22-20(24-14-18-27-26-17-6-3-4-13-28(17)18)23-12-5-7-19(29)25-16-10-8-15(21)9-11-16/h3-4,6,8-11,13H,2,5,7,12,14H2,1H3,(H,25,29)(H2,22,23,24). The highest BCUT2D eigenvalue weighted by molar-refractivity contribution is 6.30. The van der Waals surface area contributed by atoms with E-state index in [0.29, 0.717) is 36.9 Å². The molecule has 0 unspecified atom stereocenters. The summed E-state index contributed by atoms with van der Waals surface area (Å²) >= 11 is 5.85. The van der Waals surface area contributed by atoms with Crippen LogP contribution in [0.5, 0.6) is 0 Å². The van der Waals surface area contributed by atoms with Gasteiger partial charge in [0.2, 0.25) is 5.91 Å². The lowest BCUT2D eigenvalue weighted by atomic mass is 10.2. The highest BCUT2D eigenvalue weighted by Crippen LogP contribution is 2.13.